The second-order valence-electron chi connectivity index (χ2n) is 3.98. The topological polar surface area (TPSA) is 35.5 Å². The lowest BCUT2D eigenvalue weighted by Gasteiger charge is -2.28. The summed E-state index contributed by atoms with van der Waals surface area (Å²) >= 11 is 0. The Morgan fingerprint density at radius 2 is 1.92 bits per heavy atom. The van der Waals surface area contributed by atoms with Crippen LogP contribution in [0.25, 0.3) is 0 Å². The highest BCUT2D eigenvalue weighted by Crippen LogP contribution is 2.03. The summed E-state index contributed by atoms with van der Waals surface area (Å²) in [5, 5.41) is 12.0. The van der Waals surface area contributed by atoms with Gasteiger partial charge in [0.15, 0.2) is 0 Å². The van der Waals surface area contributed by atoms with E-state index in [1.54, 1.807) is 0 Å². The number of nitrogens with one attached hydrogen (secondary N) is 1. The van der Waals surface area contributed by atoms with Crippen molar-refractivity contribution in [2.45, 2.75) is 26.8 Å². The summed E-state index contributed by atoms with van der Waals surface area (Å²) in [6, 6.07) is 0.520. The van der Waals surface area contributed by atoms with Crippen LogP contribution in [-0.2, 0) is 0 Å². The lowest BCUT2D eigenvalue weighted by atomic mass is 10.1. The third-order valence-corrected chi connectivity index (χ3v) is 2.22. The van der Waals surface area contributed by atoms with E-state index in [4.69, 9.17) is 5.11 Å². The van der Waals surface area contributed by atoms with Crippen LogP contribution >= 0.6 is 0 Å². The Hall–Kier alpha value is -0.120. The van der Waals surface area contributed by atoms with E-state index in [9.17, 15) is 0 Å². The number of rotatable bonds is 7. The first-order valence-electron chi connectivity index (χ1n) is 5.11. The Morgan fingerprint density at radius 3 is 2.31 bits per heavy atom. The average Bonchev–Trinajstić information content (AvgIpc) is 2.04. The Bertz CT molecular complexity index is 117. The van der Waals surface area contributed by atoms with Crippen molar-refractivity contribution >= 4 is 0 Å². The van der Waals surface area contributed by atoms with Gasteiger partial charge in [-0.2, -0.15) is 0 Å². The van der Waals surface area contributed by atoms with Crippen molar-refractivity contribution in [3.8, 4) is 0 Å². The molecule has 3 heteroatoms. The van der Waals surface area contributed by atoms with Crippen molar-refractivity contribution in [2.75, 3.05) is 33.3 Å². The molecule has 13 heavy (non-hydrogen) atoms. The molecule has 1 unspecified atom stereocenters. The van der Waals surface area contributed by atoms with Crippen molar-refractivity contribution in [2.24, 2.45) is 5.92 Å². The molecule has 0 aliphatic carbocycles. The van der Waals surface area contributed by atoms with E-state index in [1.165, 1.54) is 0 Å². The average molecular weight is 188 g/mol. The summed E-state index contributed by atoms with van der Waals surface area (Å²) in [6.07, 6.45) is 0. The lowest BCUT2D eigenvalue weighted by Crippen LogP contribution is -2.38. The highest BCUT2D eigenvalue weighted by Gasteiger charge is 2.11. The molecule has 0 radical (unpaired) electrons. The van der Waals surface area contributed by atoms with Crippen LogP contribution in [0.4, 0.5) is 0 Å². The van der Waals surface area contributed by atoms with Gasteiger partial charge in [-0.25, -0.2) is 0 Å². The molecule has 0 saturated carbocycles. The van der Waals surface area contributed by atoms with Gasteiger partial charge in [-0.15, -0.1) is 0 Å². The van der Waals surface area contributed by atoms with Crippen LogP contribution in [0.1, 0.15) is 20.8 Å². The SMILES string of the molecule is CNCC(C)CN(CCO)C(C)C. The molecule has 2 N–H and O–H groups in total. The van der Waals surface area contributed by atoms with Gasteiger partial charge in [-0.1, -0.05) is 6.92 Å². The van der Waals surface area contributed by atoms with E-state index in [0.29, 0.717) is 12.0 Å². The Labute approximate surface area is 82.1 Å². The van der Waals surface area contributed by atoms with Crippen molar-refractivity contribution < 1.29 is 5.11 Å². The van der Waals surface area contributed by atoms with Gasteiger partial charge < -0.3 is 10.4 Å². The summed E-state index contributed by atoms with van der Waals surface area (Å²) in [6.45, 7) is 9.69. The molecular formula is C10H24N2O. The third-order valence-electron chi connectivity index (χ3n) is 2.22. The molecule has 1 atom stereocenters. The van der Waals surface area contributed by atoms with Gasteiger partial charge in [-0.3, -0.25) is 4.90 Å². The fourth-order valence-corrected chi connectivity index (χ4v) is 1.50. The maximum absolute atomic E-state index is 8.87. The normalized spacial score (nSPS) is 14.1. The minimum Gasteiger partial charge on any atom is -0.395 e. The minimum atomic E-state index is 0.254. The van der Waals surface area contributed by atoms with Gasteiger partial charge >= 0.3 is 0 Å². The van der Waals surface area contributed by atoms with Crippen LogP contribution in [0, 0.1) is 5.92 Å². The maximum atomic E-state index is 8.87. The Kier molecular flexibility index (Phi) is 7.23. The largest absolute Gasteiger partial charge is 0.395 e. The second-order valence-corrected chi connectivity index (χ2v) is 3.98. The lowest BCUT2D eigenvalue weighted by molar-refractivity contribution is 0.148. The fraction of sp³-hybridized carbons (Fsp3) is 1.00. The number of nitrogens with zero attached hydrogens (tertiary/aromatic N) is 1. The standard InChI is InChI=1S/C10H24N2O/c1-9(2)12(5-6-13)8-10(3)7-11-4/h9-11,13H,5-8H2,1-4H3. The first-order valence-corrected chi connectivity index (χ1v) is 5.11. The van der Waals surface area contributed by atoms with Crippen molar-refractivity contribution in [1.82, 2.24) is 10.2 Å². The van der Waals surface area contributed by atoms with E-state index in [2.05, 4.69) is 31.0 Å². The molecular weight excluding hydrogens is 164 g/mol. The van der Waals surface area contributed by atoms with Gasteiger partial charge in [0.25, 0.3) is 0 Å². The van der Waals surface area contributed by atoms with Crippen LogP contribution in [0.5, 0.6) is 0 Å². The van der Waals surface area contributed by atoms with E-state index in [1.807, 2.05) is 7.05 Å². The van der Waals surface area contributed by atoms with Crippen LogP contribution in [0.3, 0.4) is 0 Å². The van der Waals surface area contributed by atoms with Gasteiger partial charge in [0.05, 0.1) is 6.61 Å². The van der Waals surface area contributed by atoms with Crippen LogP contribution in [0.2, 0.25) is 0 Å². The maximum Gasteiger partial charge on any atom is 0.0558 e. The predicted molar refractivity (Wildman–Crippen MR) is 56.9 cm³/mol. The smallest absolute Gasteiger partial charge is 0.0558 e. The summed E-state index contributed by atoms with van der Waals surface area (Å²) in [4.78, 5) is 2.31. The van der Waals surface area contributed by atoms with Crippen molar-refractivity contribution in [1.29, 1.82) is 0 Å². The number of hydrogen-bond acceptors (Lipinski definition) is 3. The molecule has 0 bridgehead atoms. The molecule has 0 fully saturated rings. The number of aliphatic hydroxyl groups is 1. The summed E-state index contributed by atoms with van der Waals surface area (Å²) in [5.74, 6) is 0.638. The van der Waals surface area contributed by atoms with E-state index >= 15 is 0 Å². The Morgan fingerprint density at radius 1 is 1.31 bits per heavy atom. The predicted octanol–water partition coefficient (Wildman–Crippen LogP) is 0.545. The van der Waals surface area contributed by atoms with Gasteiger partial charge in [0.1, 0.15) is 0 Å². The monoisotopic (exact) mass is 188 g/mol. The fourth-order valence-electron chi connectivity index (χ4n) is 1.50. The highest BCUT2D eigenvalue weighted by molar-refractivity contribution is 4.67. The first-order chi connectivity index (χ1) is 6.11. The molecule has 0 aliphatic heterocycles. The molecule has 0 aromatic heterocycles. The zero-order valence-electron chi connectivity index (χ0n) is 9.38. The van der Waals surface area contributed by atoms with Crippen molar-refractivity contribution in [3.05, 3.63) is 0 Å². The van der Waals surface area contributed by atoms with E-state index in [-0.39, 0.29) is 6.61 Å². The molecule has 80 valence electrons. The molecule has 0 heterocycles. The second kappa shape index (κ2) is 7.30. The van der Waals surface area contributed by atoms with E-state index in [0.717, 1.165) is 19.6 Å². The van der Waals surface area contributed by atoms with Gasteiger partial charge in [0, 0.05) is 19.1 Å². The van der Waals surface area contributed by atoms with Gasteiger partial charge in [-0.05, 0) is 33.4 Å². The highest BCUT2D eigenvalue weighted by atomic mass is 16.3. The van der Waals surface area contributed by atoms with Crippen molar-refractivity contribution in [3.63, 3.8) is 0 Å². The Balaban J connectivity index is 3.79. The van der Waals surface area contributed by atoms with Crippen LogP contribution < -0.4 is 5.32 Å². The minimum absolute atomic E-state index is 0.254. The molecule has 0 rings (SSSR count). The third kappa shape index (κ3) is 6.02. The molecule has 0 aromatic carbocycles. The van der Waals surface area contributed by atoms with Crippen LogP contribution in [-0.4, -0.2) is 49.3 Å². The van der Waals surface area contributed by atoms with Crippen LogP contribution in [0.15, 0.2) is 0 Å². The zero-order chi connectivity index (χ0) is 10.3. The number of aliphatic hydroxyl groups excluding tert-OH is 1. The van der Waals surface area contributed by atoms with Gasteiger partial charge in [0.2, 0.25) is 0 Å². The molecule has 0 spiro atoms. The molecule has 0 aliphatic rings. The molecule has 0 saturated heterocycles. The summed E-state index contributed by atoms with van der Waals surface area (Å²) in [5.41, 5.74) is 0. The summed E-state index contributed by atoms with van der Waals surface area (Å²) in [7, 11) is 1.97. The molecule has 3 nitrogen and oxygen atoms in total. The number of hydrogen-bond donors (Lipinski definition) is 2. The zero-order valence-corrected chi connectivity index (χ0v) is 9.38. The van der Waals surface area contributed by atoms with E-state index < -0.39 is 0 Å². The quantitative estimate of drug-likeness (QED) is 0.612. The summed E-state index contributed by atoms with van der Waals surface area (Å²) < 4.78 is 0. The molecule has 0 amide bonds. The first kappa shape index (κ1) is 12.9. The molecule has 0 aromatic rings.